The molecular weight excluding hydrogens is 259 g/mol. The zero-order chi connectivity index (χ0) is 14.5. The number of hydrogen-bond donors (Lipinski definition) is 3. The number of aliphatic imine (C=N–C) groups is 2. The number of alkyl halides is 3. The van der Waals surface area contributed by atoms with E-state index in [1.165, 1.54) is 12.1 Å². The molecule has 1 aromatic rings. The highest BCUT2D eigenvalue weighted by Gasteiger charge is 2.29. The zero-order valence-corrected chi connectivity index (χ0v) is 9.98. The van der Waals surface area contributed by atoms with Gasteiger partial charge in [-0.1, -0.05) is 12.1 Å². The van der Waals surface area contributed by atoms with E-state index in [0.717, 1.165) is 12.1 Å². The van der Waals surface area contributed by atoms with Crippen LogP contribution in [0.4, 0.5) is 13.2 Å². The van der Waals surface area contributed by atoms with Crippen LogP contribution in [0.1, 0.15) is 11.1 Å². The second kappa shape index (κ2) is 6.07. The van der Waals surface area contributed by atoms with Crippen LogP contribution in [0, 0.1) is 0 Å². The fraction of sp³-hybridized carbons (Fsp3) is 0.273. The van der Waals surface area contributed by atoms with Gasteiger partial charge in [0, 0.05) is 6.54 Å². The van der Waals surface area contributed by atoms with Gasteiger partial charge in [0.05, 0.1) is 5.56 Å². The average Bonchev–Trinajstić information content (AvgIpc) is 2.27. The van der Waals surface area contributed by atoms with Crippen molar-refractivity contribution >= 4 is 11.9 Å². The fourth-order valence-electron chi connectivity index (χ4n) is 1.33. The van der Waals surface area contributed by atoms with Gasteiger partial charge >= 0.3 is 6.18 Å². The van der Waals surface area contributed by atoms with Crippen LogP contribution in [0.15, 0.2) is 34.3 Å². The molecule has 0 saturated carbocycles. The minimum absolute atomic E-state index is 0.0630. The lowest BCUT2D eigenvalue weighted by Crippen LogP contribution is -2.26. The van der Waals surface area contributed by atoms with Crippen molar-refractivity contribution < 1.29 is 13.2 Å². The lowest BCUT2D eigenvalue weighted by atomic mass is 10.1. The quantitative estimate of drug-likeness (QED) is 0.561. The molecule has 8 heteroatoms. The van der Waals surface area contributed by atoms with E-state index in [-0.39, 0.29) is 18.5 Å². The Morgan fingerprint density at radius 3 is 2.11 bits per heavy atom. The van der Waals surface area contributed by atoms with Crippen molar-refractivity contribution in [2.24, 2.45) is 27.2 Å². The van der Waals surface area contributed by atoms with E-state index >= 15 is 0 Å². The van der Waals surface area contributed by atoms with Crippen molar-refractivity contribution in [2.45, 2.75) is 12.6 Å². The van der Waals surface area contributed by atoms with E-state index < -0.39 is 11.7 Å². The van der Waals surface area contributed by atoms with Crippen LogP contribution < -0.4 is 17.2 Å². The SMILES string of the molecule is NC(N)=NC(N)=NCCc1ccc(C(F)(F)F)cc1. The maximum absolute atomic E-state index is 12.3. The Balaban J connectivity index is 2.58. The summed E-state index contributed by atoms with van der Waals surface area (Å²) >= 11 is 0. The summed E-state index contributed by atoms with van der Waals surface area (Å²) in [6.07, 6.45) is -3.88. The first kappa shape index (κ1) is 14.8. The molecule has 1 rings (SSSR count). The molecule has 0 heterocycles. The molecule has 6 N–H and O–H groups in total. The molecular formula is C11H14F3N5. The van der Waals surface area contributed by atoms with E-state index in [4.69, 9.17) is 17.2 Å². The van der Waals surface area contributed by atoms with Gasteiger partial charge in [-0.05, 0) is 24.1 Å². The highest BCUT2D eigenvalue weighted by atomic mass is 19.4. The van der Waals surface area contributed by atoms with Crippen molar-refractivity contribution in [3.05, 3.63) is 35.4 Å². The first-order valence-corrected chi connectivity index (χ1v) is 5.34. The second-order valence-electron chi connectivity index (χ2n) is 3.72. The molecule has 0 fully saturated rings. The van der Waals surface area contributed by atoms with E-state index in [9.17, 15) is 13.2 Å². The van der Waals surface area contributed by atoms with Crippen molar-refractivity contribution in [2.75, 3.05) is 6.54 Å². The van der Waals surface area contributed by atoms with E-state index in [1.807, 2.05) is 0 Å². The van der Waals surface area contributed by atoms with Crippen LogP contribution in [0.2, 0.25) is 0 Å². The number of benzene rings is 1. The Labute approximate surface area is 108 Å². The molecule has 104 valence electrons. The number of halogens is 3. The minimum Gasteiger partial charge on any atom is -0.370 e. The van der Waals surface area contributed by atoms with Crippen molar-refractivity contribution in [1.29, 1.82) is 0 Å². The first-order valence-electron chi connectivity index (χ1n) is 5.34. The number of nitrogens with two attached hydrogens (primary N) is 3. The molecule has 0 aliphatic rings. The van der Waals surface area contributed by atoms with Gasteiger partial charge in [-0.3, -0.25) is 4.99 Å². The van der Waals surface area contributed by atoms with E-state index in [0.29, 0.717) is 12.0 Å². The molecule has 0 bridgehead atoms. The predicted octanol–water partition coefficient (Wildman–Crippen LogP) is 0.836. The molecule has 0 saturated heterocycles. The van der Waals surface area contributed by atoms with Gasteiger partial charge in [0.25, 0.3) is 0 Å². The van der Waals surface area contributed by atoms with Gasteiger partial charge in [0.2, 0.25) is 5.96 Å². The topological polar surface area (TPSA) is 103 Å². The van der Waals surface area contributed by atoms with Crippen LogP contribution >= 0.6 is 0 Å². The van der Waals surface area contributed by atoms with Gasteiger partial charge in [-0.25, -0.2) is 0 Å². The minimum atomic E-state index is -4.32. The summed E-state index contributed by atoms with van der Waals surface area (Å²) < 4.78 is 37.0. The van der Waals surface area contributed by atoms with Crippen LogP contribution in [0.3, 0.4) is 0 Å². The Bertz CT molecular complexity index is 472. The van der Waals surface area contributed by atoms with Gasteiger partial charge in [-0.15, -0.1) is 0 Å². The Hall–Kier alpha value is -2.25. The highest BCUT2D eigenvalue weighted by Crippen LogP contribution is 2.29. The van der Waals surface area contributed by atoms with Crippen LogP contribution in [0.25, 0.3) is 0 Å². The zero-order valence-electron chi connectivity index (χ0n) is 9.98. The van der Waals surface area contributed by atoms with Gasteiger partial charge in [0.1, 0.15) is 0 Å². The number of guanidine groups is 2. The van der Waals surface area contributed by atoms with Crippen molar-refractivity contribution in [1.82, 2.24) is 0 Å². The smallest absolute Gasteiger partial charge is 0.370 e. The fourth-order valence-corrected chi connectivity index (χ4v) is 1.33. The first-order chi connectivity index (χ1) is 8.79. The lowest BCUT2D eigenvalue weighted by molar-refractivity contribution is -0.137. The molecule has 0 spiro atoms. The highest BCUT2D eigenvalue weighted by molar-refractivity contribution is 5.92. The number of nitrogens with zero attached hydrogens (tertiary/aromatic N) is 2. The summed E-state index contributed by atoms with van der Waals surface area (Å²) in [6.45, 7) is 0.286. The lowest BCUT2D eigenvalue weighted by Gasteiger charge is -2.06. The molecule has 0 radical (unpaired) electrons. The standard InChI is InChI=1S/C11H14F3N5/c12-11(13,14)8-3-1-7(2-4-8)5-6-18-10(17)19-9(15)16/h1-4H,5-6H2,(H6,15,16,17,18,19). The summed E-state index contributed by atoms with van der Waals surface area (Å²) in [5, 5.41) is 0. The number of rotatable bonds is 3. The largest absolute Gasteiger partial charge is 0.416 e. The normalized spacial score (nSPS) is 12.3. The third-order valence-corrected chi connectivity index (χ3v) is 2.20. The maximum Gasteiger partial charge on any atom is 0.416 e. The molecule has 0 amide bonds. The summed E-state index contributed by atoms with van der Waals surface area (Å²) in [4.78, 5) is 7.36. The number of hydrogen-bond acceptors (Lipinski definition) is 1. The average molecular weight is 273 g/mol. The molecule has 0 aliphatic carbocycles. The predicted molar refractivity (Wildman–Crippen MR) is 67.4 cm³/mol. The Kier molecular flexibility index (Phi) is 4.74. The summed E-state index contributed by atoms with van der Waals surface area (Å²) in [5.41, 5.74) is 15.6. The molecule has 0 unspecified atom stereocenters. The van der Waals surface area contributed by atoms with Crippen LogP contribution in [-0.2, 0) is 12.6 Å². The van der Waals surface area contributed by atoms with Crippen molar-refractivity contribution in [3.63, 3.8) is 0 Å². The van der Waals surface area contributed by atoms with Crippen molar-refractivity contribution in [3.8, 4) is 0 Å². The molecule has 5 nitrogen and oxygen atoms in total. The molecule has 1 aromatic carbocycles. The molecule has 0 aliphatic heterocycles. The Morgan fingerprint density at radius 2 is 1.63 bits per heavy atom. The van der Waals surface area contributed by atoms with Gasteiger partial charge < -0.3 is 17.2 Å². The summed E-state index contributed by atoms with van der Waals surface area (Å²) in [5.74, 6) is -0.261. The summed E-state index contributed by atoms with van der Waals surface area (Å²) in [6, 6.07) is 4.85. The van der Waals surface area contributed by atoms with Gasteiger partial charge in [0.15, 0.2) is 5.96 Å². The third kappa shape index (κ3) is 5.28. The van der Waals surface area contributed by atoms with Crippen LogP contribution in [0.5, 0.6) is 0 Å². The van der Waals surface area contributed by atoms with E-state index in [2.05, 4.69) is 9.98 Å². The Morgan fingerprint density at radius 1 is 1.05 bits per heavy atom. The van der Waals surface area contributed by atoms with E-state index in [1.54, 1.807) is 0 Å². The molecule has 0 aromatic heterocycles. The monoisotopic (exact) mass is 273 g/mol. The van der Waals surface area contributed by atoms with Gasteiger partial charge in [-0.2, -0.15) is 18.2 Å². The van der Waals surface area contributed by atoms with Crippen LogP contribution in [-0.4, -0.2) is 18.5 Å². The summed E-state index contributed by atoms with van der Waals surface area (Å²) in [7, 11) is 0. The second-order valence-corrected chi connectivity index (χ2v) is 3.72. The molecule has 19 heavy (non-hydrogen) atoms. The third-order valence-electron chi connectivity index (χ3n) is 2.20. The molecule has 0 atom stereocenters. The maximum atomic E-state index is 12.3.